The summed E-state index contributed by atoms with van der Waals surface area (Å²) in [5.41, 5.74) is 5.33. The lowest BCUT2D eigenvalue weighted by Crippen LogP contribution is -2.30. The van der Waals surface area contributed by atoms with Gasteiger partial charge in [-0.25, -0.2) is 22.3 Å². The molecule has 0 spiro atoms. The summed E-state index contributed by atoms with van der Waals surface area (Å²) < 4.78 is 142. The molecule has 1 aliphatic rings. The molecule has 694 valence electrons. The Balaban J connectivity index is 0.00000225. The summed E-state index contributed by atoms with van der Waals surface area (Å²) in [6, 6.07) is 0. The highest BCUT2D eigenvalue weighted by Gasteiger charge is 2.31. The lowest BCUT2D eigenvalue weighted by Gasteiger charge is -2.20. The highest BCUT2D eigenvalue weighted by Crippen LogP contribution is 2.44. The Morgan fingerprint density at radius 1 is 0.353 bits per heavy atom. The second-order valence-electron chi connectivity index (χ2n) is 31.1. The number of nitrogens with one attached hydrogen (secondary N) is 1. The minimum Gasteiger partial charge on any atom is -0.462 e. The van der Waals surface area contributed by atoms with Gasteiger partial charge in [0.15, 0.2) is 12.2 Å². The number of rotatable bonds is 79. The van der Waals surface area contributed by atoms with Gasteiger partial charge in [0.05, 0.1) is 45.7 Å². The second-order valence-corrected chi connectivity index (χ2v) is 34.0. The van der Waals surface area contributed by atoms with Crippen molar-refractivity contribution in [3.8, 4) is 5.75 Å². The average Bonchev–Trinajstić information content (AvgIpc) is 0.952. The van der Waals surface area contributed by atoms with Crippen molar-refractivity contribution in [2.45, 2.75) is 425 Å². The van der Waals surface area contributed by atoms with Crippen molar-refractivity contribution < 1.29 is 126 Å². The van der Waals surface area contributed by atoms with Crippen LogP contribution in [0.4, 0.5) is 22.0 Å². The van der Waals surface area contributed by atoms with Crippen LogP contribution in [0.1, 0.15) is 413 Å². The molecular weight excluding hydrogens is 1590 g/mol. The predicted molar refractivity (Wildman–Crippen MR) is 450 cm³/mol. The van der Waals surface area contributed by atoms with Crippen molar-refractivity contribution in [2.24, 2.45) is 5.73 Å². The minimum absolute atomic E-state index is 0.0578. The molecule has 2 rings (SSSR count). The quantitative estimate of drug-likeness (QED) is 0.00542. The fraction of sp³-hybridized carbons (Fsp3) is 0.841. The van der Waals surface area contributed by atoms with Crippen LogP contribution in [0.15, 0.2) is 0 Å². The van der Waals surface area contributed by atoms with Crippen molar-refractivity contribution in [2.75, 3.05) is 52.7 Å². The van der Waals surface area contributed by atoms with E-state index in [-0.39, 0.29) is 70.8 Å². The number of benzene rings is 1. The number of cyclic esters (lactones) is 2. The van der Waals surface area contributed by atoms with Gasteiger partial charge in [0, 0.05) is 45.2 Å². The van der Waals surface area contributed by atoms with Crippen LogP contribution in [0, 0.1) is 29.1 Å². The van der Waals surface area contributed by atoms with Gasteiger partial charge in [-0.15, -0.1) is 0 Å². The Bertz CT molecular complexity index is 2850. The second kappa shape index (κ2) is 79.0. The summed E-state index contributed by atoms with van der Waals surface area (Å²) in [6.45, 7) is 6.15. The number of carbonyl (C=O) groups is 8. The third-order valence-electron chi connectivity index (χ3n) is 20.0. The van der Waals surface area contributed by atoms with E-state index in [2.05, 4.69) is 42.5 Å². The third kappa shape index (κ3) is 71.0. The number of nitrogens with two attached hydrogens (primary N) is 1. The fourth-order valence-corrected chi connectivity index (χ4v) is 14.4. The van der Waals surface area contributed by atoms with Gasteiger partial charge < -0.3 is 49.3 Å². The van der Waals surface area contributed by atoms with Gasteiger partial charge in [-0.3, -0.25) is 56.5 Å². The number of amides is 1. The zero-order valence-corrected chi connectivity index (χ0v) is 74.9. The van der Waals surface area contributed by atoms with Gasteiger partial charge >= 0.3 is 57.4 Å². The molecule has 0 aliphatic carbocycles. The molecule has 1 fully saturated rings. The molecule has 0 aromatic heterocycles. The zero-order valence-electron chi connectivity index (χ0n) is 73.2. The summed E-state index contributed by atoms with van der Waals surface area (Å²) in [6.07, 6.45) is 59.2. The van der Waals surface area contributed by atoms with Gasteiger partial charge in [0.2, 0.25) is 40.7 Å². The first-order chi connectivity index (χ1) is 57.3. The lowest BCUT2D eigenvalue weighted by molar-refractivity contribution is -0.161. The number of esters is 7. The molecular formula is C88H155F5N2O22P2. The monoisotopic (exact) mass is 1750 g/mol. The summed E-state index contributed by atoms with van der Waals surface area (Å²) >= 11 is 0. The minimum atomic E-state index is -4.80. The Hall–Kier alpha value is -4.99. The average molecular weight is 1750 g/mol. The Kier molecular flexibility index (Phi) is 75.6. The van der Waals surface area contributed by atoms with Gasteiger partial charge in [-0.2, -0.15) is 8.78 Å². The molecule has 4 atom stereocenters. The fourth-order valence-electron chi connectivity index (χ4n) is 12.9. The van der Waals surface area contributed by atoms with Gasteiger partial charge in [0.25, 0.3) is 0 Å². The first-order valence-corrected chi connectivity index (χ1v) is 48.7. The number of hydrogen-bond donors (Lipinski definition) is 4. The number of unbranched alkanes of at least 4 members (excludes halogenated alkanes) is 48. The number of hydrogen-bond acceptors (Lipinski definition) is 21. The van der Waals surface area contributed by atoms with Crippen molar-refractivity contribution in [1.29, 1.82) is 0 Å². The number of carbonyl (C=O) groups excluding carboxylic acids is 8. The molecule has 2 unspecified atom stereocenters. The maximum Gasteiger partial charge on any atom is 0.472 e. The summed E-state index contributed by atoms with van der Waals surface area (Å²) in [5, 5.41) is 2.24. The maximum absolute atomic E-state index is 13.8. The van der Waals surface area contributed by atoms with Crippen LogP contribution in [0.3, 0.4) is 0 Å². The third-order valence-corrected chi connectivity index (χ3v) is 22.0. The van der Waals surface area contributed by atoms with Crippen molar-refractivity contribution in [1.82, 2.24) is 5.32 Å². The Morgan fingerprint density at radius 3 is 0.882 bits per heavy atom. The number of ether oxygens (including phenoxy) is 6. The Labute approximate surface area is 709 Å². The van der Waals surface area contributed by atoms with Crippen molar-refractivity contribution in [3.05, 3.63) is 29.1 Å². The molecule has 24 nitrogen and oxygen atoms in total. The SMILES string of the molecule is CCCCCCCCCCCCCCCC(=O)OC[C@H](COP(=O)(O)OCCN)OC(=O)CCCCCCCCCCCCCCC.CCCCCCCCCCCCCCCC(=O)OC[C@H](COP(=O)(O)OCCNC(=O)CCC(=O)Oc1c(F)c(F)c(F)c(F)c1F)OC(=O)CCCCCCCCCCCCCCC.O=C1CCC(=O)O1. The molecule has 0 radical (unpaired) electrons. The van der Waals surface area contributed by atoms with Crippen LogP contribution in [0.5, 0.6) is 5.75 Å². The molecule has 5 N–H and O–H groups in total. The van der Waals surface area contributed by atoms with E-state index < -0.39 is 144 Å². The van der Waals surface area contributed by atoms with E-state index in [4.69, 9.17) is 42.8 Å². The predicted octanol–water partition coefficient (Wildman–Crippen LogP) is 23.1. The molecule has 119 heavy (non-hydrogen) atoms. The highest BCUT2D eigenvalue weighted by atomic mass is 31.2. The summed E-state index contributed by atoms with van der Waals surface area (Å²) in [4.78, 5) is 114. The van der Waals surface area contributed by atoms with Crippen LogP contribution in [-0.2, 0) is 89.3 Å². The van der Waals surface area contributed by atoms with Crippen LogP contribution in [0.2, 0.25) is 0 Å². The van der Waals surface area contributed by atoms with Crippen LogP contribution < -0.4 is 15.8 Å². The maximum atomic E-state index is 13.8. The number of phosphoric ester groups is 2. The molecule has 1 amide bonds. The number of halogens is 5. The van der Waals surface area contributed by atoms with Gasteiger partial charge in [-0.1, -0.05) is 336 Å². The molecule has 1 aromatic carbocycles. The summed E-state index contributed by atoms with van der Waals surface area (Å²) in [7, 11) is -9.16. The highest BCUT2D eigenvalue weighted by molar-refractivity contribution is 7.47. The van der Waals surface area contributed by atoms with E-state index >= 15 is 0 Å². The van der Waals surface area contributed by atoms with E-state index in [1.54, 1.807) is 0 Å². The first-order valence-electron chi connectivity index (χ1n) is 45.7. The molecule has 0 saturated carbocycles. The molecule has 1 heterocycles. The van der Waals surface area contributed by atoms with E-state index in [1.165, 1.54) is 238 Å². The molecule has 1 aliphatic heterocycles. The van der Waals surface area contributed by atoms with E-state index in [9.17, 15) is 79.2 Å². The normalized spacial score (nSPS) is 13.4. The standard InChI is InChI=1S/C47H77F5NO11P.C37H74NO8P.C4H4O3/c1-3-5-7-9-11-13-15-17-19-21-23-25-27-29-39(55)60-35-37(63-40(56)30-28-26-24-22-20-18-16-14-12-10-8-6-4-2)36-62-65(58,59)61-34-33-53-38(54)31-32-41(57)64-47-45(51)43(49)42(48)44(50)46(47)52;1-3-5-7-9-11-13-15-17-19-21-23-25-27-29-36(39)43-33-35(34-45-47(41,42)44-32-31-38)46-37(40)30-28-26-24-22-20-18-16-14-12-10-8-6-4-2;5-3-1-2-4(6)7-3/h37H,3-36H2,1-2H3,(H,53,54)(H,58,59);35H,3-34,38H2,1-2H3,(H,41,42);1-2H2/t37-;35-;/m11./s1. The van der Waals surface area contributed by atoms with E-state index in [0.29, 0.717) is 19.3 Å². The number of phosphoric acid groups is 2. The van der Waals surface area contributed by atoms with Crippen molar-refractivity contribution in [3.63, 3.8) is 0 Å². The van der Waals surface area contributed by atoms with Gasteiger partial charge in [-0.05, 0) is 25.7 Å². The molecule has 0 bridgehead atoms. The van der Waals surface area contributed by atoms with Crippen molar-refractivity contribution >= 4 is 63.3 Å². The zero-order chi connectivity index (χ0) is 88.1. The molecule has 31 heteroatoms. The Morgan fingerprint density at radius 2 is 0.613 bits per heavy atom. The molecule has 1 saturated heterocycles. The van der Waals surface area contributed by atoms with Gasteiger partial charge in [0.1, 0.15) is 13.2 Å². The largest absolute Gasteiger partial charge is 0.472 e. The molecule has 1 aromatic rings. The topological polar surface area (TPSA) is 342 Å². The van der Waals surface area contributed by atoms with E-state index in [0.717, 1.165) is 77.0 Å². The first kappa shape index (κ1) is 114. The lowest BCUT2D eigenvalue weighted by atomic mass is 10.0. The van der Waals surface area contributed by atoms with E-state index in [1.807, 2.05) is 0 Å². The van der Waals surface area contributed by atoms with Crippen LogP contribution in [0.25, 0.3) is 0 Å². The van der Waals surface area contributed by atoms with Crippen LogP contribution in [-0.4, -0.2) is 122 Å². The summed E-state index contributed by atoms with van der Waals surface area (Å²) in [5.74, 6) is -18.6. The smallest absolute Gasteiger partial charge is 0.462 e. The van der Waals surface area contributed by atoms with Crippen LogP contribution >= 0.6 is 15.6 Å².